The Morgan fingerprint density at radius 1 is 1.09 bits per heavy atom. The third-order valence-electron chi connectivity index (χ3n) is 4.09. The van der Waals surface area contributed by atoms with E-state index in [2.05, 4.69) is 10.6 Å². The number of benzene rings is 1. The minimum atomic E-state index is -0.347. The highest BCUT2D eigenvalue weighted by Crippen LogP contribution is 2.17. The molecular weight excluding hydrogens is 292 g/mol. The van der Waals surface area contributed by atoms with Crippen LogP contribution in [0.4, 0.5) is 5.69 Å². The van der Waals surface area contributed by atoms with E-state index in [1.807, 2.05) is 0 Å². The molecule has 0 radical (unpaired) electrons. The number of amides is 1. The minimum absolute atomic E-state index is 0.0573. The van der Waals surface area contributed by atoms with Crippen molar-refractivity contribution in [1.29, 1.82) is 0 Å². The normalized spacial score (nSPS) is 15.7. The molecular formula is C18H26N2O3. The molecule has 0 aliphatic heterocycles. The monoisotopic (exact) mass is 318 g/mol. The van der Waals surface area contributed by atoms with Crippen molar-refractivity contribution in [3.05, 3.63) is 29.8 Å². The number of ether oxygens (including phenoxy) is 1. The second kappa shape index (κ2) is 9.30. The van der Waals surface area contributed by atoms with Gasteiger partial charge in [0.2, 0.25) is 5.91 Å². The fourth-order valence-electron chi connectivity index (χ4n) is 2.83. The van der Waals surface area contributed by atoms with Crippen LogP contribution in [0.1, 0.15) is 55.8 Å². The van der Waals surface area contributed by atoms with Crippen LogP contribution in [-0.2, 0) is 9.53 Å². The second-order valence-corrected chi connectivity index (χ2v) is 5.92. The Hall–Kier alpha value is -1.88. The smallest absolute Gasteiger partial charge is 0.338 e. The van der Waals surface area contributed by atoms with E-state index in [-0.39, 0.29) is 11.9 Å². The predicted octanol–water partition coefficient (Wildman–Crippen LogP) is 3.11. The summed E-state index contributed by atoms with van der Waals surface area (Å²) in [6.07, 6.45) is 7.40. The molecule has 0 heterocycles. The van der Waals surface area contributed by atoms with Gasteiger partial charge in [-0.1, -0.05) is 25.7 Å². The molecule has 1 aromatic carbocycles. The van der Waals surface area contributed by atoms with Crippen LogP contribution in [0.25, 0.3) is 0 Å². The topological polar surface area (TPSA) is 67.4 Å². The zero-order chi connectivity index (χ0) is 16.5. The van der Waals surface area contributed by atoms with Gasteiger partial charge in [0.25, 0.3) is 0 Å². The summed E-state index contributed by atoms with van der Waals surface area (Å²) in [7, 11) is 0. The lowest BCUT2D eigenvalue weighted by molar-refractivity contribution is -0.115. The van der Waals surface area contributed by atoms with E-state index in [4.69, 9.17) is 4.74 Å². The van der Waals surface area contributed by atoms with Crippen LogP contribution in [0.5, 0.6) is 0 Å². The average Bonchev–Trinajstić information content (AvgIpc) is 2.82. The van der Waals surface area contributed by atoms with Crippen molar-refractivity contribution < 1.29 is 14.3 Å². The molecule has 2 N–H and O–H groups in total. The quantitative estimate of drug-likeness (QED) is 0.625. The summed E-state index contributed by atoms with van der Waals surface area (Å²) in [6.45, 7) is 2.45. The molecule has 1 aromatic rings. The number of esters is 1. The van der Waals surface area contributed by atoms with Crippen LogP contribution < -0.4 is 10.6 Å². The number of hydrogen-bond donors (Lipinski definition) is 2. The van der Waals surface area contributed by atoms with Gasteiger partial charge in [0.05, 0.1) is 18.7 Å². The maximum atomic E-state index is 12.0. The molecule has 23 heavy (non-hydrogen) atoms. The van der Waals surface area contributed by atoms with Gasteiger partial charge >= 0.3 is 5.97 Å². The van der Waals surface area contributed by atoms with Crippen molar-refractivity contribution in [1.82, 2.24) is 5.32 Å². The van der Waals surface area contributed by atoms with Crippen molar-refractivity contribution in [2.24, 2.45) is 0 Å². The number of carbonyl (C=O) groups is 2. The Bertz CT molecular complexity index is 506. The van der Waals surface area contributed by atoms with Gasteiger partial charge in [0.1, 0.15) is 0 Å². The van der Waals surface area contributed by atoms with E-state index in [0.29, 0.717) is 30.4 Å². The summed E-state index contributed by atoms with van der Waals surface area (Å²) in [6, 6.07) is 7.21. The maximum absolute atomic E-state index is 12.0. The molecule has 5 heteroatoms. The third kappa shape index (κ3) is 6.02. The van der Waals surface area contributed by atoms with Crippen molar-refractivity contribution in [3.8, 4) is 0 Å². The van der Waals surface area contributed by atoms with Crippen molar-refractivity contribution in [3.63, 3.8) is 0 Å². The molecule has 1 saturated carbocycles. The van der Waals surface area contributed by atoms with Crippen LogP contribution in [0.2, 0.25) is 0 Å². The Morgan fingerprint density at radius 3 is 2.35 bits per heavy atom. The van der Waals surface area contributed by atoms with Gasteiger partial charge in [-0.25, -0.2) is 4.79 Å². The van der Waals surface area contributed by atoms with Crippen LogP contribution >= 0.6 is 0 Å². The molecule has 0 bridgehead atoms. The minimum Gasteiger partial charge on any atom is -0.462 e. The van der Waals surface area contributed by atoms with E-state index in [9.17, 15) is 9.59 Å². The standard InChI is InChI=1S/C18H26N2O3/c1-2-23-18(22)14-9-11-16(12-10-14)20-17(21)13-19-15-7-5-3-4-6-8-15/h9-12,15,19H,2-8,13H2,1H3,(H,20,21). The van der Waals surface area contributed by atoms with E-state index >= 15 is 0 Å². The summed E-state index contributed by atoms with van der Waals surface area (Å²) in [5.41, 5.74) is 1.17. The number of nitrogens with one attached hydrogen (secondary N) is 2. The van der Waals surface area contributed by atoms with E-state index in [1.54, 1.807) is 31.2 Å². The van der Waals surface area contributed by atoms with Gasteiger partial charge in [-0.2, -0.15) is 0 Å². The average molecular weight is 318 g/mol. The van der Waals surface area contributed by atoms with Gasteiger partial charge in [-0.3, -0.25) is 4.79 Å². The third-order valence-corrected chi connectivity index (χ3v) is 4.09. The van der Waals surface area contributed by atoms with Gasteiger partial charge in [-0.15, -0.1) is 0 Å². The summed E-state index contributed by atoms with van der Waals surface area (Å²) in [5, 5.41) is 6.18. The van der Waals surface area contributed by atoms with E-state index in [0.717, 1.165) is 12.8 Å². The molecule has 1 aliphatic carbocycles. The molecule has 1 aliphatic rings. The Balaban J connectivity index is 1.77. The van der Waals surface area contributed by atoms with Gasteiger partial charge in [0.15, 0.2) is 0 Å². The van der Waals surface area contributed by atoms with Crippen LogP contribution in [0.15, 0.2) is 24.3 Å². The highest BCUT2D eigenvalue weighted by atomic mass is 16.5. The largest absolute Gasteiger partial charge is 0.462 e. The SMILES string of the molecule is CCOC(=O)c1ccc(NC(=O)CNC2CCCCCC2)cc1. The van der Waals surface area contributed by atoms with Crippen LogP contribution in [0.3, 0.4) is 0 Å². The summed E-state index contributed by atoms with van der Waals surface area (Å²) >= 11 is 0. The first kappa shape index (κ1) is 17.5. The fourth-order valence-corrected chi connectivity index (χ4v) is 2.83. The molecule has 1 amide bonds. The first-order valence-electron chi connectivity index (χ1n) is 8.49. The second-order valence-electron chi connectivity index (χ2n) is 5.92. The number of hydrogen-bond acceptors (Lipinski definition) is 4. The first-order chi connectivity index (χ1) is 11.2. The van der Waals surface area contributed by atoms with Gasteiger partial charge < -0.3 is 15.4 Å². The Labute approximate surface area is 137 Å². The van der Waals surface area contributed by atoms with Crippen LogP contribution in [-0.4, -0.2) is 31.1 Å². The number of rotatable bonds is 6. The van der Waals surface area contributed by atoms with Crippen molar-refractivity contribution >= 4 is 17.6 Å². The first-order valence-corrected chi connectivity index (χ1v) is 8.49. The molecule has 0 saturated heterocycles. The van der Waals surface area contributed by atoms with Gasteiger partial charge in [0, 0.05) is 11.7 Å². The summed E-state index contributed by atoms with van der Waals surface area (Å²) in [4.78, 5) is 23.6. The highest BCUT2D eigenvalue weighted by molar-refractivity contribution is 5.94. The molecule has 126 valence electrons. The van der Waals surface area contributed by atoms with Crippen molar-refractivity contribution in [2.45, 2.75) is 51.5 Å². The Morgan fingerprint density at radius 2 is 1.74 bits per heavy atom. The van der Waals surface area contributed by atoms with Crippen LogP contribution in [0, 0.1) is 0 Å². The zero-order valence-corrected chi connectivity index (χ0v) is 13.8. The van der Waals surface area contributed by atoms with E-state index in [1.165, 1.54) is 25.7 Å². The summed E-state index contributed by atoms with van der Waals surface area (Å²) < 4.78 is 4.93. The Kier molecular flexibility index (Phi) is 7.07. The van der Waals surface area contributed by atoms with E-state index < -0.39 is 0 Å². The fraction of sp³-hybridized carbons (Fsp3) is 0.556. The maximum Gasteiger partial charge on any atom is 0.338 e. The molecule has 1 fully saturated rings. The van der Waals surface area contributed by atoms with Gasteiger partial charge in [-0.05, 0) is 44.0 Å². The molecule has 0 unspecified atom stereocenters. The molecule has 5 nitrogen and oxygen atoms in total. The summed E-state index contributed by atoms with van der Waals surface area (Å²) in [5.74, 6) is -0.404. The number of carbonyl (C=O) groups excluding carboxylic acids is 2. The highest BCUT2D eigenvalue weighted by Gasteiger charge is 2.13. The predicted molar refractivity (Wildman–Crippen MR) is 90.5 cm³/mol. The zero-order valence-electron chi connectivity index (χ0n) is 13.8. The lowest BCUT2D eigenvalue weighted by atomic mass is 10.1. The lowest BCUT2D eigenvalue weighted by Crippen LogP contribution is -2.35. The lowest BCUT2D eigenvalue weighted by Gasteiger charge is -2.15. The number of anilines is 1. The molecule has 0 atom stereocenters. The molecule has 0 aromatic heterocycles. The molecule has 0 spiro atoms. The molecule has 2 rings (SSSR count). The van der Waals surface area contributed by atoms with Crippen molar-refractivity contribution in [2.75, 3.05) is 18.5 Å².